The average Bonchev–Trinajstić information content (AvgIpc) is 3.10. The van der Waals surface area contributed by atoms with Crippen LogP contribution in [0.3, 0.4) is 0 Å². The zero-order valence-electron chi connectivity index (χ0n) is 11.3. The molecule has 2 N–H and O–H groups in total. The van der Waals surface area contributed by atoms with Gasteiger partial charge >= 0.3 is 0 Å². The van der Waals surface area contributed by atoms with E-state index in [9.17, 15) is 8.42 Å². The second-order valence-electron chi connectivity index (χ2n) is 5.89. The summed E-state index contributed by atoms with van der Waals surface area (Å²) in [6.07, 6.45) is 8.18. The van der Waals surface area contributed by atoms with E-state index in [-0.39, 0.29) is 11.8 Å². The summed E-state index contributed by atoms with van der Waals surface area (Å²) in [4.78, 5) is 0. The Morgan fingerprint density at radius 2 is 1.78 bits per heavy atom. The first-order valence-electron chi connectivity index (χ1n) is 7.30. The second-order valence-corrected chi connectivity index (χ2v) is 7.76. The maximum atomic E-state index is 12.0. The molecule has 0 radical (unpaired) electrons. The van der Waals surface area contributed by atoms with Gasteiger partial charge < -0.3 is 5.32 Å². The topological polar surface area (TPSA) is 58.2 Å². The fraction of sp³-hybridized carbons (Fsp3) is 1.00. The summed E-state index contributed by atoms with van der Waals surface area (Å²) in [7, 11) is -3.11. The Hall–Kier alpha value is -0.130. The van der Waals surface area contributed by atoms with Crippen molar-refractivity contribution in [2.24, 2.45) is 5.92 Å². The molecule has 0 spiro atoms. The van der Waals surface area contributed by atoms with Gasteiger partial charge in [0.05, 0.1) is 5.75 Å². The monoisotopic (exact) mass is 274 g/mol. The first-order valence-corrected chi connectivity index (χ1v) is 8.95. The van der Waals surface area contributed by atoms with Crippen LogP contribution >= 0.6 is 0 Å². The summed E-state index contributed by atoms with van der Waals surface area (Å²) >= 11 is 0. The van der Waals surface area contributed by atoms with Gasteiger partial charge in [0.15, 0.2) is 0 Å². The van der Waals surface area contributed by atoms with Crippen molar-refractivity contribution in [3.05, 3.63) is 0 Å². The third-order valence-electron chi connectivity index (χ3n) is 4.07. The Morgan fingerprint density at radius 3 is 2.50 bits per heavy atom. The van der Waals surface area contributed by atoms with Gasteiger partial charge in [-0.2, -0.15) is 0 Å². The Morgan fingerprint density at radius 1 is 1.06 bits per heavy atom. The standard InChI is InChI=1S/C13H26N2O2S/c1-11-5-3-2-4-6-13(11)15-18(16,17)10-9-14-12-7-8-12/h11-15H,2-10H2,1H3. The van der Waals surface area contributed by atoms with E-state index in [4.69, 9.17) is 0 Å². The molecule has 2 saturated carbocycles. The minimum Gasteiger partial charge on any atom is -0.313 e. The molecule has 2 rings (SSSR count). The van der Waals surface area contributed by atoms with Crippen LogP contribution in [0.15, 0.2) is 0 Å². The zero-order chi connectivity index (χ0) is 13.0. The van der Waals surface area contributed by atoms with E-state index in [2.05, 4.69) is 17.0 Å². The van der Waals surface area contributed by atoms with Crippen molar-refractivity contribution in [1.29, 1.82) is 0 Å². The van der Waals surface area contributed by atoms with E-state index >= 15 is 0 Å². The normalized spacial score (nSPS) is 30.1. The largest absolute Gasteiger partial charge is 0.313 e. The molecule has 0 aromatic rings. The third-order valence-corrected chi connectivity index (χ3v) is 5.48. The van der Waals surface area contributed by atoms with Crippen molar-refractivity contribution in [3.8, 4) is 0 Å². The number of rotatable bonds is 6. The van der Waals surface area contributed by atoms with Gasteiger partial charge in [-0.3, -0.25) is 0 Å². The molecule has 2 aliphatic rings. The smallest absolute Gasteiger partial charge is 0.213 e. The van der Waals surface area contributed by atoms with Crippen molar-refractivity contribution in [2.75, 3.05) is 12.3 Å². The van der Waals surface area contributed by atoms with E-state index < -0.39 is 10.0 Å². The summed E-state index contributed by atoms with van der Waals surface area (Å²) in [6.45, 7) is 2.75. The van der Waals surface area contributed by atoms with Gasteiger partial charge in [0.2, 0.25) is 10.0 Å². The molecule has 0 aliphatic heterocycles. The van der Waals surface area contributed by atoms with Crippen LogP contribution in [0.4, 0.5) is 0 Å². The molecule has 0 heterocycles. The maximum Gasteiger partial charge on any atom is 0.213 e. The zero-order valence-corrected chi connectivity index (χ0v) is 12.1. The molecule has 18 heavy (non-hydrogen) atoms. The van der Waals surface area contributed by atoms with Crippen molar-refractivity contribution in [1.82, 2.24) is 10.0 Å². The van der Waals surface area contributed by atoms with Gasteiger partial charge in [-0.25, -0.2) is 13.1 Å². The second kappa shape index (κ2) is 6.35. The summed E-state index contributed by atoms with van der Waals surface area (Å²) in [6, 6.07) is 0.732. The Kier molecular flexibility index (Phi) is 5.04. The molecular weight excluding hydrogens is 248 g/mol. The highest BCUT2D eigenvalue weighted by molar-refractivity contribution is 7.89. The quantitative estimate of drug-likeness (QED) is 0.724. The van der Waals surface area contributed by atoms with Crippen LogP contribution in [-0.2, 0) is 10.0 Å². The van der Waals surface area contributed by atoms with Crippen LogP contribution in [0.1, 0.15) is 51.9 Å². The maximum absolute atomic E-state index is 12.0. The molecule has 0 aromatic carbocycles. The minimum atomic E-state index is -3.11. The van der Waals surface area contributed by atoms with E-state index in [1.54, 1.807) is 0 Å². The highest BCUT2D eigenvalue weighted by atomic mass is 32.2. The van der Waals surface area contributed by atoms with Crippen LogP contribution in [0.25, 0.3) is 0 Å². The van der Waals surface area contributed by atoms with Crippen molar-refractivity contribution in [2.45, 2.75) is 64.0 Å². The molecule has 2 atom stereocenters. The highest BCUT2D eigenvalue weighted by Crippen LogP contribution is 2.23. The van der Waals surface area contributed by atoms with Crippen molar-refractivity contribution >= 4 is 10.0 Å². The van der Waals surface area contributed by atoms with Crippen LogP contribution < -0.4 is 10.0 Å². The van der Waals surface area contributed by atoms with Gasteiger partial charge in [0.1, 0.15) is 0 Å². The molecular formula is C13H26N2O2S. The Labute approximate surface area is 111 Å². The van der Waals surface area contributed by atoms with Gasteiger partial charge in [-0.05, 0) is 31.6 Å². The summed E-state index contributed by atoms with van der Waals surface area (Å²) in [5.41, 5.74) is 0. The van der Waals surface area contributed by atoms with E-state index in [1.807, 2.05) is 0 Å². The number of nitrogens with one attached hydrogen (secondary N) is 2. The number of hydrogen-bond acceptors (Lipinski definition) is 3. The van der Waals surface area contributed by atoms with Crippen molar-refractivity contribution < 1.29 is 8.42 Å². The molecule has 2 aliphatic carbocycles. The first-order chi connectivity index (χ1) is 8.57. The Balaban J connectivity index is 1.77. The van der Waals surface area contributed by atoms with E-state index in [0.29, 0.717) is 18.5 Å². The summed E-state index contributed by atoms with van der Waals surface area (Å²) < 4.78 is 26.9. The fourth-order valence-electron chi connectivity index (χ4n) is 2.64. The van der Waals surface area contributed by atoms with Crippen LogP contribution in [0.2, 0.25) is 0 Å². The molecule has 2 unspecified atom stereocenters. The fourth-order valence-corrected chi connectivity index (χ4v) is 3.96. The molecule has 2 fully saturated rings. The average molecular weight is 274 g/mol. The third kappa shape index (κ3) is 4.86. The number of sulfonamides is 1. The highest BCUT2D eigenvalue weighted by Gasteiger charge is 2.25. The molecule has 0 bridgehead atoms. The summed E-state index contributed by atoms with van der Waals surface area (Å²) in [5, 5.41) is 3.25. The SMILES string of the molecule is CC1CCCCCC1NS(=O)(=O)CCNC1CC1. The molecule has 0 aromatic heterocycles. The van der Waals surface area contributed by atoms with Gasteiger partial charge in [0.25, 0.3) is 0 Å². The lowest BCUT2D eigenvalue weighted by Crippen LogP contribution is -2.42. The molecule has 106 valence electrons. The lowest BCUT2D eigenvalue weighted by Gasteiger charge is -2.22. The molecule has 0 amide bonds. The van der Waals surface area contributed by atoms with Gasteiger partial charge in [-0.15, -0.1) is 0 Å². The van der Waals surface area contributed by atoms with Gasteiger partial charge in [0, 0.05) is 18.6 Å². The lowest BCUT2D eigenvalue weighted by atomic mass is 9.98. The van der Waals surface area contributed by atoms with Crippen LogP contribution in [0, 0.1) is 5.92 Å². The predicted molar refractivity (Wildman–Crippen MR) is 74.0 cm³/mol. The van der Waals surface area contributed by atoms with Crippen molar-refractivity contribution in [3.63, 3.8) is 0 Å². The lowest BCUT2D eigenvalue weighted by molar-refractivity contribution is 0.399. The van der Waals surface area contributed by atoms with Crippen LogP contribution in [-0.4, -0.2) is 32.8 Å². The minimum absolute atomic E-state index is 0.151. The van der Waals surface area contributed by atoms with E-state index in [0.717, 1.165) is 19.3 Å². The first kappa shape index (κ1) is 14.3. The van der Waals surface area contributed by atoms with Crippen LogP contribution in [0.5, 0.6) is 0 Å². The molecule has 5 heteroatoms. The molecule has 4 nitrogen and oxygen atoms in total. The Bertz CT molecular complexity index is 352. The van der Waals surface area contributed by atoms with E-state index in [1.165, 1.54) is 25.7 Å². The predicted octanol–water partition coefficient (Wildman–Crippen LogP) is 1.63. The number of hydrogen-bond donors (Lipinski definition) is 2. The van der Waals surface area contributed by atoms with Gasteiger partial charge in [-0.1, -0.05) is 26.2 Å². The molecule has 0 saturated heterocycles. The summed E-state index contributed by atoms with van der Waals surface area (Å²) in [5.74, 6) is 0.686.